The molecule has 90 valence electrons. The standard InChI is InChI=1S/C14H16BrNS/c1-4-5-12-8-17-14(16-12)11-6-9(2)13(15)10(3)7-11/h6-8H,4-5H2,1-3H3. The molecule has 0 aliphatic carbocycles. The largest absolute Gasteiger partial charge is 0.241 e. The summed E-state index contributed by atoms with van der Waals surface area (Å²) in [7, 11) is 0. The van der Waals surface area contributed by atoms with E-state index in [0.29, 0.717) is 0 Å². The average molecular weight is 310 g/mol. The number of rotatable bonds is 3. The third-order valence-corrected chi connectivity index (χ3v) is 4.93. The quantitative estimate of drug-likeness (QED) is 0.764. The molecule has 1 heterocycles. The Hall–Kier alpha value is -0.670. The van der Waals surface area contributed by atoms with Crippen LogP contribution in [0.4, 0.5) is 0 Å². The lowest BCUT2D eigenvalue weighted by Crippen LogP contribution is -1.87. The Morgan fingerprint density at radius 1 is 1.24 bits per heavy atom. The number of nitrogens with zero attached hydrogens (tertiary/aromatic N) is 1. The maximum absolute atomic E-state index is 4.69. The second kappa shape index (κ2) is 5.32. The highest BCUT2D eigenvalue weighted by Gasteiger charge is 2.08. The summed E-state index contributed by atoms with van der Waals surface area (Å²) >= 11 is 5.34. The van der Waals surface area contributed by atoms with Crippen molar-refractivity contribution in [3.8, 4) is 10.6 Å². The molecule has 2 rings (SSSR count). The van der Waals surface area contributed by atoms with E-state index in [4.69, 9.17) is 0 Å². The van der Waals surface area contributed by atoms with Crippen molar-refractivity contribution >= 4 is 27.3 Å². The van der Waals surface area contributed by atoms with Crippen molar-refractivity contribution in [2.75, 3.05) is 0 Å². The molecular formula is C14H16BrNS. The molecule has 17 heavy (non-hydrogen) atoms. The van der Waals surface area contributed by atoms with E-state index in [-0.39, 0.29) is 0 Å². The number of aryl methyl sites for hydroxylation is 3. The van der Waals surface area contributed by atoms with Crippen LogP contribution in [0.2, 0.25) is 0 Å². The first-order valence-corrected chi connectivity index (χ1v) is 7.50. The van der Waals surface area contributed by atoms with Gasteiger partial charge in [-0.3, -0.25) is 0 Å². The predicted octanol–water partition coefficient (Wildman–Crippen LogP) is 5.14. The molecule has 0 aliphatic rings. The summed E-state index contributed by atoms with van der Waals surface area (Å²) in [5, 5.41) is 3.30. The first-order valence-electron chi connectivity index (χ1n) is 5.83. The molecule has 3 heteroatoms. The van der Waals surface area contributed by atoms with Crippen LogP contribution < -0.4 is 0 Å². The molecule has 1 aromatic heterocycles. The second-order valence-corrected chi connectivity index (χ2v) is 5.97. The Balaban J connectivity index is 2.39. The van der Waals surface area contributed by atoms with Crippen molar-refractivity contribution in [1.82, 2.24) is 4.98 Å². The van der Waals surface area contributed by atoms with Gasteiger partial charge in [-0.15, -0.1) is 11.3 Å². The molecule has 0 atom stereocenters. The van der Waals surface area contributed by atoms with Gasteiger partial charge in [-0.05, 0) is 43.5 Å². The topological polar surface area (TPSA) is 12.9 Å². The predicted molar refractivity (Wildman–Crippen MR) is 78.7 cm³/mol. The lowest BCUT2D eigenvalue weighted by molar-refractivity contribution is 0.893. The molecule has 0 radical (unpaired) electrons. The fourth-order valence-corrected chi connectivity index (χ4v) is 2.95. The Kier molecular flexibility index (Phi) is 4.00. The molecule has 1 nitrogen and oxygen atoms in total. The molecular weight excluding hydrogens is 294 g/mol. The highest BCUT2D eigenvalue weighted by molar-refractivity contribution is 9.10. The summed E-state index contributed by atoms with van der Waals surface area (Å²) in [6, 6.07) is 4.40. The van der Waals surface area contributed by atoms with E-state index >= 15 is 0 Å². The van der Waals surface area contributed by atoms with Crippen LogP contribution in [0, 0.1) is 13.8 Å². The van der Waals surface area contributed by atoms with Crippen LogP contribution in [0.3, 0.4) is 0 Å². The van der Waals surface area contributed by atoms with Crippen molar-refractivity contribution in [3.05, 3.63) is 38.8 Å². The minimum atomic E-state index is 1.07. The van der Waals surface area contributed by atoms with Gasteiger partial charge < -0.3 is 0 Å². The fraction of sp³-hybridized carbons (Fsp3) is 0.357. The summed E-state index contributed by atoms with van der Waals surface area (Å²) in [5.74, 6) is 0. The highest BCUT2D eigenvalue weighted by Crippen LogP contribution is 2.30. The van der Waals surface area contributed by atoms with Gasteiger partial charge in [0.1, 0.15) is 5.01 Å². The number of hydrogen-bond donors (Lipinski definition) is 0. The Morgan fingerprint density at radius 2 is 1.88 bits per heavy atom. The van der Waals surface area contributed by atoms with E-state index in [1.807, 2.05) is 0 Å². The molecule has 2 aromatic rings. The second-order valence-electron chi connectivity index (χ2n) is 4.32. The number of benzene rings is 1. The minimum Gasteiger partial charge on any atom is -0.241 e. The average Bonchev–Trinajstić information content (AvgIpc) is 2.74. The molecule has 0 saturated heterocycles. The van der Waals surface area contributed by atoms with Crippen molar-refractivity contribution in [2.24, 2.45) is 0 Å². The molecule has 0 unspecified atom stereocenters. The summed E-state index contributed by atoms with van der Waals surface area (Å²) in [4.78, 5) is 4.69. The molecule has 0 amide bonds. The molecule has 0 spiro atoms. The Labute approximate surface area is 115 Å². The third kappa shape index (κ3) is 2.78. The zero-order valence-corrected chi connectivity index (χ0v) is 12.8. The van der Waals surface area contributed by atoms with Crippen LogP contribution in [0.1, 0.15) is 30.2 Å². The summed E-state index contributed by atoms with van der Waals surface area (Å²) in [5.41, 5.74) is 4.99. The molecule has 0 fully saturated rings. The maximum atomic E-state index is 4.69. The van der Waals surface area contributed by atoms with Crippen LogP contribution in [0.25, 0.3) is 10.6 Å². The molecule has 0 N–H and O–H groups in total. The van der Waals surface area contributed by atoms with Crippen LogP contribution in [0.5, 0.6) is 0 Å². The van der Waals surface area contributed by atoms with Crippen LogP contribution in [-0.4, -0.2) is 4.98 Å². The van der Waals surface area contributed by atoms with Crippen LogP contribution in [-0.2, 0) is 6.42 Å². The van der Waals surface area contributed by atoms with Gasteiger partial charge in [0.25, 0.3) is 0 Å². The van der Waals surface area contributed by atoms with Gasteiger partial charge >= 0.3 is 0 Å². The smallest absolute Gasteiger partial charge is 0.123 e. The zero-order valence-electron chi connectivity index (χ0n) is 10.4. The van der Waals surface area contributed by atoms with E-state index < -0.39 is 0 Å². The monoisotopic (exact) mass is 309 g/mol. The normalized spacial score (nSPS) is 10.8. The summed E-state index contributed by atoms with van der Waals surface area (Å²) < 4.78 is 1.20. The van der Waals surface area contributed by atoms with E-state index in [9.17, 15) is 0 Å². The lowest BCUT2D eigenvalue weighted by atomic mass is 10.1. The molecule has 0 saturated carbocycles. The maximum Gasteiger partial charge on any atom is 0.123 e. The first-order chi connectivity index (χ1) is 8.11. The van der Waals surface area contributed by atoms with Gasteiger partial charge in [-0.25, -0.2) is 4.98 Å². The zero-order chi connectivity index (χ0) is 12.4. The summed E-state index contributed by atoms with van der Waals surface area (Å²) in [6.45, 7) is 6.44. The molecule has 0 aliphatic heterocycles. The van der Waals surface area contributed by atoms with E-state index in [2.05, 4.69) is 59.2 Å². The van der Waals surface area contributed by atoms with Crippen molar-refractivity contribution in [3.63, 3.8) is 0 Å². The van der Waals surface area contributed by atoms with Gasteiger partial charge in [-0.2, -0.15) is 0 Å². The van der Waals surface area contributed by atoms with Crippen molar-refractivity contribution in [1.29, 1.82) is 0 Å². The van der Waals surface area contributed by atoms with Crippen molar-refractivity contribution in [2.45, 2.75) is 33.6 Å². The Morgan fingerprint density at radius 3 is 2.47 bits per heavy atom. The van der Waals surface area contributed by atoms with E-state index in [1.54, 1.807) is 11.3 Å². The number of aromatic nitrogens is 1. The Bertz CT molecular complexity index is 508. The fourth-order valence-electron chi connectivity index (χ4n) is 1.88. The van der Waals surface area contributed by atoms with E-state index in [0.717, 1.165) is 17.8 Å². The number of hydrogen-bond acceptors (Lipinski definition) is 2. The van der Waals surface area contributed by atoms with Crippen LogP contribution >= 0.6 is 27.3 Å². The van der Waals surface area contributed by atoms with E-state index in [1.165, 1.54) is 26.9 Å². The van der Waals surface area contributed by atoms with Gasteiger partial charge in [0.15, 0.2) is 0 Å². The molecule has 1 aromatic carbocycles. The van der Waals surface area contributed by atoms with Crippen molar-refractivity contribution < 1.29 is 0 Å². The van der Waals surface area contributed by atoms with Gasteiger partial charge in [0.2, 0.25) is 0 Å². The third-order valence-electron chi connectivity index (χ3n) is 2.74. The number of halogens is 1. The number of thiazole rings is 1. The highest BCUT2D eigenvalue weighted by atomic mass is 79.9. The van der Waals surface area contributed by atoms with Gasteiger partial charge in [0, 0.05) is 15.4 Å². The van der Waals surface area contributed by atoms with Gasteiger partial charge in [-0.1, -0.05) is 29.3 Å². The SMILES string of the molecule is CCCc1csc(-c2cc(C)c(Br)c(C)c2)n1. The molecule has 0 bridgehead atoms. The first kappa shape index (κ1) is 12.8. The minimum absolute atomic E-state index is 1.07. The van der Waals surface area contributed by atoms with Crippen LogP contribution in [0.15, 0.2) is 22.0 Å². The summed E-state index contributed by atoms with van der Waals surface area (Å²) in [6.07, 6.45) is 2.23. The lowest BCUT2D eigenvalue weighted by Gasteiger charge is -2.05. The van der Waals surface area contributed by atoms with Gasteiger partial charge in [0.05, 0.1) is 5.69 Å².